The van der Waals surface area contributed by atoms with Gasteiger partial charge < -0.3 is 15.3 Å². The molecule has 4 nitrogen and oxygen atoms in total. The van der Waals surface area contributed by atoms with Gasteiger partial charge in [0.1, 0.15) is 5.60 Å². The highest BCUT2D eigenvalue weighted by molar-refractivity contribution is 6.02. The van der Waals surface area contributed by atoms with Gasteiger partial charge in [0.25, 0.3) is 0 Å². The molecule has 0 spiro atoms. The van der Waals surface area contributed by atoms with Gasteiger partial charge in [0, 0.05) is 0 Å². The Balaban J connectivity index is 2.04. The van der Waals surface area contributed by atoms with E-state index in [1.54, 1.807) is 6.92 Å². The Hall–Kier alpha value is -0.970. The summed E-state index contributed by atoms with van der Waals surface area (Å²) in [6.07, 6.45) is 1.75. The SMILES string of the molecule is C=C1CC[C@H]2[C@@H](/C=C(\C)C(=O)[C@@]3(O)C[C@@H](C)[C@@H](O)[C@@H]3[C@H]1O)C2(C)C. The predicted octanol–water partition coefficient (Wildman–Crippen LogP) is 2.23. The summed E-state index contributed by atoms with van der Waals surface area (Å²) in [7, 11) is 0. The van der Waals surface area contributed by atoms with Gasteiger partial charge in [-0.05, 0) is 60.5 Å². The number of Topliss-reactive ketones (excluding diaryl/α,β-unsaturated/α-hetero) is 1. The maximum atomic E-state index is 13.0. The molecule has 0 bridgehead atoms. The summed E-state index contributed by atoms with van der Waals surface area (Å²) in [6.45, 7) is 11.9. The van der Waals surface area contributed by atoms with Crippen LogP contribution >= 0.6 is 0 Å². The van der Waals surface area contributed by atoms with Crippen LogP contribution < -0.4 is 0 Å². The van der Waals surface area contributed by atoms with Crippen molar-refractivity contribution in [3.05, 3.63) is 23.8 Å². The summed E-state index contributed by atoms with van der Waals surface area (Å²) in [4.78, 5) is 13.0. The molecule has 24 heavy (non-hydrogen) atoms. The van der Waals surface area contributed by atoms with Gasteiger partial charge in [-0.2, -0.15) is 0 Å². The summed E-state index contributed by atoms with van der Waals surface area (Å²) in [6, 6.07) is 0. The minimum atomic E-state index is -1.72. The van der Waals surface area contributed by atoms with E-state index in [1.165, 1.54) is 0 Å². The number of aliphatic hydroxyl groups is 3. The molecular formula is C20H30O4. The van der Waals surface area contributed by atoms with Gasteiger partial charge in [0.2, 0.25) is 0 Å². The first-order valence-electron chi connectivity index (χ1n) is 9.01. The molecule has 0 aromatic rings. The summed E-state index contributed by atoms with van der Waals surface area (Å²) in [5.41, 5.74) is -0.429. The largest absolute Gasteiger partial charge is 0.392 e. The maximum Gasteiger partial charge on any atom is 0.190 e. The smallest absolute Gasteiger partial charge is 0.190 e. The van der Waals surface area contributed by atoms with Crippen molar-refractivity contribution in [1.82, 2.24) is 0 Å². The lowest BCUT2D eigenvalue weighted by molar-refractivity contribution is -0.144. The number of fused-ring (bicyclic) bond motifs is 2. The van der Waals surface area contributed by atoms with Crippen molar-refractivity contribution < 1.29 is 20.1 Å². The van der Waals surface area contributed by atoms with Gasteiger partial charge >= 0.3 is 0 Å². The highest BCUT2D eigenvalue weighted by Crippen LogP contribution is 2.62. The van der Waals surface area contributed by atoms with Crippen LogP contribution in [0.15, 0.2) is 23.8 Å². The topological polar surface area (TPSA) is 77.8 Å². The molecule has 2 saturated carbocycles. The van der Waals surface area contributed by atoms with Crippen molar-refractivity contribution in [2.75, 3.05) is 0 Å². The maximum absolute atomic E-state index is 13.0. The Kier molecular flexibility index (Phi) is 4.10. The first-order chi connectivity index (χ1) is 11.0. The number of rotatable bonds is 0. The van der Waals surface area contributed by atoms with Crippen molar-refractivity contribution in [2.24, 2.45) is 29.1 Å². The number of hydrogen-bond donors (Lipinski definition) is 3. The van der Waals surface area contributed by atoms with E-state index in [1.807, 2.05) is 13.0 Å². The molecular weight excluding hydrogens is 304 g/mol. The van der Waals surface area contributed by atoms with Crippen LogP contribution in [0.25, 0.3) is 0 Å². The monoisotopic (exact) mass is 334 g/mol. The first-order valence-corrected chi connectivity index (χ1v) is 9.01. The number of ketones is 1. The van der Waals surface area contributed by atoms with Gasteiger partial charge in [-0.3, -0.25) is 4.79 Å². The summed E-state index contributed by atoms with van der Waals surface area (Å²) in [5, 5.41) is 32.4. The molecule has 134 valence electrons. The molecule has 3 aliphatic carbocycles. The lowest BCUT2D eigenvalue weighted by Gasteiger charge is -2.34. The molecule has 2 fully saturated rings. The first kappa shape index (κ1) is 17.8. The van der Waals surface area contributed by atoms with E-state index in [4.69, 9.17) is 0 Å². The van der Waals surface area contributed by atoms with Crippen molar-refractivity contribution in [3.8, 4) is 0 Å². The van der Waals surface area contributed by atoms with Gasteiger partial charge in [-0.1, -0.05) is 33.4 Å². The lowest BCUT2D eigenvalue weighted by Crippen LogP contribution is -2.50. The van der Waals surface area contributed by atoms with Crippen LogP contribution in [0.3, 0.4) is 0 Å². The van der Waals surface area contributed by atoms with Crippen molar-refractivity contribution >= 4 is 5.78 Å². The molecule has 4 heteroatoms. The van der Waals surface area contributed by atoms with E-state index in [0.29, 0.717) is 29.4 Å². The van der Waals surface area contributed by atoms with Gasteiger partial charge in [-0.15, -0.1) is 0 Å². The fourth-order valence-corrected chi connectivity index (χ4v) is 5.17. The van der Waals surface area contributed by atoms with Gasteiger partial charge in [0.05, 0.1) is 18.1 Å². The highest BCUT2D eigenvalue weighted by Gasteiger charge is 2.60. The number of carbonyl (C=O) groups excluding carboxylic acids is 1. The normalized spacial score (nSPS) is 50.4. The zero-order valence-electron chi connectivity index (χ0n) is 15.1. The molecule has 3 rings (SSSR count). The molecule has 3 N–H and O–H groups in total. The van der Waals surface area contributed by atoms with Crippen LogP contribution in [0.1, 0.15) is 47.0 Å². The fourth-order valence-electron chi connectivity index (χ4n) is 5.17. The van der Waals surface area contributed by atoms with Crippen LogP contribution in [0.5, 0.6) is 0 Å². The van der Waals surface area contributed by atoms with E-state index < -0.39 is 23.7 Å². The zero-order chi connectivity index (χ0) is 18.0. The second kappa shape index (κ2) is 5.52. The second-order valence-electron chi connectivity index (χ2n) is 8.90. The zero-order valence-corrected chi connectivity index (χ0v) is 15.1. The summed E-state index contributed by atoms with van der Waals surface area (Å²) in [5.74, 6) is -0.729. The van der Waals surface area contributed by atoms with Crippen molar-refractivity contribution in [1.29, 1.82) is 0 Å². The fraction of sp³-hybridized carbons (Fsp3) is 0.750. The quantitative estimate of drug-likeness (QED) is 0.594. The van der Waals surface area contributed by atoms with E-state index in [-0.39, 0.29) is 23.5 Å². The van der Waals surface area contributed by atoms with Gasteiger partial charge in [-0.25, -0.2) is 0 Å². The number of aliphatic hydroxyl groups excluding tert-OH is 2. The average Bonchev–Trinajstić information content (AvgIpc) is 2.91. The molecule has 0 aliphatic heterocycles. The van der Waals surface area contributed by atoms with Crippen molar-refractivity contribution in [2.45, 2.75) is 64.8 Å². The Bertz CT molecular complexity index is 605. The lowest BCUT2D eigenvalue weighted by atomic mass is 9.77. The van der Waals surface area contributed by atoms with E-state index in [0.717, 1.165) is 6.42 Å². The van der Waals surface area contributed by atoms with E-state index in [9.17, 15) is 20.1 Å². The van der Waals surface area contributed by atoms with Gasteiger partial charge in [0.15, 0.2) is 5.78 Å². The van der Waals surface area contributed by atoms with Crippen LogP contribution in [-0.2, 0) is 4.79 Å². The molecule has 0 heterocycles. The summed E-state index contributed by atoms with van der Waals surface area (Å²) < 4.78 is 0. The Morgan fingerprint density at radius 2 is 1.92 bits per heavy atom. The van der Waals surface area contributed by atoms with E-state index in [2.05, 4.69) is 20.4 Å². The molecule has 0 saturated heterocycles. The Labute approximate surface area is 144 Å². The van der Waals surface area contributed by atoms with E-state index >= 15 is 0 Å². The minimum Gasteiger partial charge on any atom is -0.392 e. The molecule has 0 aromatic carbocycles. The third-order valence-electron chi connectivity index (χ3n) is 6.99. The molecule has 0 radical (unpaired) electrons. The molecule has 0 amide bonds. The standard InChI is InChI=1S/C20H30O4/c1-10-6-7-13-14(19(13,4)5)8-11(2)18(23)20(24)9-12(3)17(22)15(20)16(10)21/h8,12-17,21-22,24H,1,6-7,9H2,2-5H3/b11-8+/t12-,13+,14-,15+,16+,17-,20-/m1/s1. The van der Waals surface area contributed by atoms with Crippen LogP contribution in [-0.4, -0.2) is 38.9 Å². The minimum absolute atomic E-state index is 0.135. The molecule has 7 atom stereocenters. The third-order valence-corrected chi connectivity index (χ3v) is 6.99. The molecule has 0 aromatic heterocycles. The number of carbonyl (C=O) groups is 1. The average molecular weight is 334 g/mol. The number of hydrogen-bond acceptors (Lipinski definition) is 4. The highest BCUT2D eigenvalue weighted by atomic mass is 16.3. The predicted molar refractivity (Wildman–Crippen MR) is 92.1 cm³/mol. The van der Waals surface area contributed by atoms with Crippen LogP contribution in [0.4, 0.5) is 0 Å². The molecule has 3 aliphatic rings. The van der Waals surface area contributed by atoms with Crippen molar-refractivity contribution in [3.63, 3.8) is 0 Å². The van der Waals surface area contributed by atoms with Crippen LogP contribution in [0, 0.1) is 29.1 Å². The third kappa shape index (κ3) is 2.42. The second-order valence-corrected chi connectivity index (χ2v) is 8.90. The Morgan fingerprint density at radius 3 is 2.54 bits per heavy atom. The summed E-state index contributed by atoms with van der Waals surface area (Å²) >= 11 is 0. The van der Waals surface area contributed by atoms with Crippen LogP contribution in [0.2, 0.25) is 0 Å². The Morgan fingerprint density at radius 1 is 1.29 bits per heavy atom. The molecule has 0 unspecified atom stereocenters. The number of allylic oxidation sites excluding steroid dienone is 1.